The SMILES string of the molecule is Cc1ccnc(Oc2ccc(N)c3ncccc23)c1C#N. The van der Waals surface area contributed by atoms with Crippen LogP contribution >= 0.6 is 0 Å². The lowest BCUT2D eigenvalue weighted by molar-refractivity contribution is 0.466. The summed E-state index contributed by atoms with van der Waals surface area (Å²) in [4.78, 5) is 8.39. The lowest BCUT2D eigenvalue weighted by atomic mass is 10.1. The molecular formula is C16H12N4O. The normalized spacial score (nSPS) is 10.3. The molecule has 3 rings (SSSR count). The van der Waals surface area contributed by atoms with Crippen molar-refractivity contribution in [3.05, 3.63) is 53.9 Å². The van der Waals surface area contributed by atoms with Gasteiger partial charge in [-0.1, -0.05) is 0 Å². The number of nitrogen functional groups attached to an aromatic ring is 1. The van der Waals surface area contributed by atoms with Gasteiger partial charge in [-0.15, -0.1) is 0 Å². The highest BCUT2D eigenvalue weighted by Gasteiger charge is 2.12. The molecule has 3 aromatic rings. The fourth-order valence-corrected chi connectivity index (χ4v) is 2.11. The van der Waals surface area contributed by atoms with E-state index in [-0.39, 0.29) is 5.88 Å². The fraction of sp³-hybridized carbons (Fsp3) is 0.0625. The first-order valence-corrected chi connectivity index (χ1v) is 6.37. The second-order valence-electron chi connectivity index (χ2n) is 4.57. The third-order valence-corrected chi connectivity index (χ3v) is 3.20. The summed E-state index contributed by atoms with van der Waals surface area (Å²) < 4.78 is 5.82. The lowest BCUT2D eigenvalue weighted by Crippen LogP contribution is -1.96. The minimum Gasteiger partial charge on any atom is -0.437 e. The number of anilines is 1. The maximum Gasteiger partial charge on any atom is 0.237 e. The first-order valence-electron chi connectivity index (χ1n) is 6.37. The van der Waals surface area contributed by atoms with E-state index in [1.54, 1.807) is 30.6 Å². The number of benzene rings is 1. The van der Waals surface area contributed by atoms with Gasteiger partial charge in [0, 0.05) is 17.8 Å². The Labute approximate surface area is 121 Å². The minimum atomic E-state index is 0.285. The van der Waals surface area contributed by atoms with Gasteiger partial charge in [0.1, 0.15) is 17.4 Å². The molecule has 5 heteroatoms. The van der Waals surface area contributed by atoms with Gasteiger partial charge in [0.2, 0.25) is 5.88 Å². The van der Waals surface area contributed by atoms with Crippen LogP contribution in [0.2, 0.25) is 0 Å². The zero-order valence-electron chi connectivity index (χ0n) is 11.4. The van der Waals surface area contributed by atoms with Crippen molar-refractivity contribution in [1.29, 1.82) is 5.26 Å². The predicted molar refractivity (Wildman–Crippen MR) is 79.9 cm³/mol. The Morgan fingerprint density at radius 2 is 2.00 bits per heavy atom. The first-order chi connectivity index (χ1) is 10.2. The summed E-state index contributed by atoms with van der Waals surface area (Å²) in [6.45, 7) is 1.84. The number of nitrogens with two attached hydrogens (primary N) is 1. The van der Waals surface area contributed by atoms with Crippen molar-refractivity contribution in [3.8, 4) is 17.7 Å². The highest BCUT2D eigenvalue weighted by Crippen LogP contribution is 2.32. The molecule has 21 heavy (non-hydrogen) atoms. The maximum atomic E-state index is 9.23. The van der Waals surface area contributed by atoms with Crippen molar-refractivity contribution in [2.45, 2.75) is 6.92 Å². The zero-order valence-corrected chi connectivity index (χ0v) is 11.4. The van der Waals surface area contributed by atoms with Gasteiger partial charge in [-0.25, -0.2) is 4.98 Å². The first kappa shape index (κ1) is 12.9. The summed E-state index contributed by atoms with van der Waals surface area (Å²) in [6, 6.07) is 11.1. The van der Waals surface area contributed by atoms with Crippen LogP contribution in [0.15, 0.2) is 42.7 Å². The van der Waals surface area contributed by atoms with E-state index in [2.05, 4.69) is 16.0 Å². The number of aromatic nitrogens is 2. The van der Waals surface area contributed by atoms with Gasteiger partial charge in [-0.3, -0.25) is 4.98 Å². The van der Waals surface area contributed by atoms with E-state index in [9.17, 15) is 5.26 Å². The quantitative estimate of drug-likeness (QED) is 0.726. The highest BCUT2D eigenvalue weighted by molar-refractivity contribution is 5.93. The molecule has 0 spiro atoms. The Morgan fingerprint density at radius 1 is 1.14 bits per heavy atom. The number of nitriles is 1. The number of hydrogen-bond donors (Lipinski definition) is 1. The molecule has 5 nitrogen and oxygen atoms in total. The van der Waals surface area contributed by atoms with Crippen LogP contribution in [0, 0.1) is 18.3 Å². The van der Waals surface area contributed by atoms with Crippen molar-refractivity contribution in [1.82, 2.24) is 9.97 Å². The minimum absolute atomic E-state index is 0.285. The monoisotopic (exact) mass is 276 g/mol. The number of pyridine rings is 2. The molecule has 0 unspecified atom stereocenters. The van der Waals surface area contributed by atoms with E-state index in [1.165, 1.54) is 0 Å². The number of ether oxygens (including phenoxy) is 1. The van der Waals surface area contributed by atoms with Gasteiger partial charge >= 0.3 is 0 Å². The van der Waals surface area contributed by atoms with E-state index in [4.69, 9.17) is 10.5 Å². The molecule has 0 saturated carbocycles. The molecule has 2 heterocycles. The van der Waals surface area contributed by atoms with Crippen molar-refractivity contribution < 1.29 is 4.74 Å². The Bertz CT molecular complexity index is 868. The van der Waals surface area contributed by atoms with Crippen LogP contribution in [-0.4, -0.2) is 9.97 Å². The molecule has 2 aromatic heterocycles. The lowest BCUT2D eigenvalue weighted by Gasteiger charge is -2.10. The van der Waals surface area contributed by atoms with E-state index in [1.807, 2.05) is 19.1 Å². The van der Waals surface area contributed by atoms with Crippen molar-refractivity contribution in [2.75, 3.05) is 5.73 Å². The van der Waals surface area contributed by atoms with Gasteiger partial charge < -0.3 is 10.5 Å². The van der Waals surface area contributed by atoms with E-state index < -0.39 is 0 Å². The van der Waals surface area contributed by atoms with Crippen LogP contribution in [0.25, 0.3) is 10.9 Å². The molecule has 0 radical (unpaired) electrons. The average molecular weight is 276 g/mol. The van der Waals surface area contributed by atoms with E-state index in [0.29, 0.717) is 22.5 Å². The van der Waals surface area contributed by atoms with Crippen molar-refractivity contribution >= 4 is 16.6 Å². The van der Waals surface area contributed by atoms with Crippen LogP contribution < -0.4 is 10.5 Å². The van der Waals surface area contributed by atoms with Gasteiger partial charge in [-0.05, 0) is 42.8 Å². The molecule has 0 aliphatic rings. The molecule has 0 aliphatic heterocycles. The van der Waals surface area contributed by atoms with Gasteiger partial charge in [-0.2, -0.15) is 5.26 Å². The molecule has 0 atom stereocenters. The maximum absolute atomic E-state index is 9.23. The predicted octanol–water partition coefficient (Wildman–Crippen LogP) is 3.18. The Morgan fingerprint density at radius 3 is 2.81 bits per heavy atom. The molecule has 1 aromatic carbocycles. The Balaban J connectivity index is 2.14. The number of fused-ring (bicyclic) bond motifs is 1. The third-order valence-electron chi connectivity index (χ3n) is 3.20. The summed E-state index contributed by atoms with van der Waals surface area (Å²) in [5.41, 5.74) is 8.40. The highest BCUT2D eigenvalue weighted by atomic mass is 16.5. The molecule has 0 saturated heterocycles. The summed E-state index contributed by atoms with van der Waals surface area (Å²) in [6.07, 6.45) is 3.29. The topological polar surface area (TPSA) is 84.8 Å². The molecular weight excluding hydrogens is 264 g/mol. The average Bonchev–Trinajstić information content (AvgIpc) is 2.51. The Kier molecular flexibility index (Phi) is 3.13. The van der Waals surface area contributed by atoms with Gasteiger partial charge in [0.15, 0.2) is 0 Å². The van der Waals surface area contributed by atoms with Crippen LogP contribution in [0.4, 0.5) is 5.69 Å². The van der Waals surface area contributed by atoms with Crippen LogP contribution in [0.5, 0.6) is 11.6 Å². The molecule has 0 fully saturated rings. The van der Waals surface area contributed by atoms with Gasteiger partial charge in [0.05, 0.1) is 11.2 Å². The third kappa shape index (κ3) is 2.23. The molecule has 102 valence electrons. The number of hydrogen-bond acceptors (Lipinski definition) is 5. The second kappa shape index (κ2) is 5.10. The van der Waals surface area contributed by atoms with Crippen molar-refractivity contribution in [3.63, 3.8) is 0 Å². The summed E-state index contributed by atoms with van der Waals surface area (Å²) in [7, 11) is 0. The van der Waals surface area contributed by atoms with Crippen LogP contribution in [0.1, 0.15) is 11.1 Å². The standard InChI is InChI=1S/C16H12N4O/c1-10-6-8-20-16(12(10)9-17)21-14-5-4-13(18)15-11(14)3-2-7-19-15/h2-8H,18H2,1H3. The Hall–Kier alpha value is -3.13. The second-order valence-corrected chi connectivity index (χ2v) is 4.57. The molecule has 0 aliphatic carbocycles. The summed E-state index contributed by atoms with van der Waals surface area (Å²) in [5.74, 6) is 0.856. The van der Waals surface area contributed by atoms with Crippen molar-refractivity contribution in [2.24, 2.45) is 0 Å². The summed E-state index contributed by atoms with van der Waals surface area (Å²) >= 11 is 0. The smallest absolute Gasteiger partial charge is 0.237 e. The molecule has 0 bridgehead atoms. The zero-order chi connectivity index (χ0) is 14.8. The number of nitrogens with zero attached hydrogens (tertiary/aromatic N) is 3. The van der Waals surface area contributed by atoms with Crippen LogP contribution in [0.3, 0.4) is 0 Å². The largest absolute Gasteiger partial charge is 0.437 e. The van der Waals surface area contributed by atoms with Gasteiger partial charge in [0.25, 0.3) is 0 Å². The number of rotatable bonds is 2. The van der Waals surface area contributed by atoms with E-state index in [0.717, 1.165) is 10.9 Å². The summed E-state index contributed by atoms with van der Waals surface area (Å²) in [5, 5.41) is 10.0. The molecule has 0 amide bonds. The van der Waals surface area contributed by atoms with E-state index >= 15 is 0 Å². The number of aryl methyl sites for hydroxylation is 1. The molecule has 2 N–H and O–H groups in total. The van der Waals surface area contributed by atoms with Crippen LogP contribution in [-0.2, 0) is 0 Å². The fourth-order valence-electron chi connectivity index (χ4n) is 2.11.